The van der Waals surface area contributed by atoms with Crippen molar-refractivity contribution in [2.45, 2.75) is 37.3 Å². The highest BCUT2D eigenvalue weighted by Crippen LogP contribution is 2.52. The summed E-state index contributed by atoms with van der Waals surface area (Å²) >= 11 is 0. The molecule has 4 atom stereocenters. The molecule has 2 amide bonds. The van der Waals surface area contributed by atoms with E-state index >= 15 is 0 Å². The van der Waals surface area contributed by atoms with E-state index in [1.165, 1.54) is 0 Å². The van der Waals surface area contributed by atoms with Gasteiger partial charge in [-0.25, -0.2) is 0 Å². The van der Waals surface area contributed by atoms with Crippen molar-refractivity contribution in [1.82, 2.24) is 5.32 Å². The predicted octanol–water partition coefficient (Wildman–Crippen LogP) is 3.84. The molecule has 7 heteroatoms. The number of carbonyl (C=O) groups is 2. The number of rotatable bonds is 5. The summed E-state index contributed by atoms with van der Waals surface area (Å²) in [7, 11) is 0. The molecule has 3 aromatic rings. The molecule has 3 aliphatic rings. The number of amides is 2. The normalized spacial score (nSPS) is 25.9. The Bertz CT molecular complexity index is 1340. The molecule has 6 rings (SSSR count). The first-order valence-electron chi connectivity index (χ1n) is 12.4. The molecule has 7 nitrogen and oxygen atoms in total. The average molecular weight is 498 g/mol. The molecule has 3 heterocycles. The standard InChI is InChI=1S/C30H27NO6/c1-18-15-20(29(34)31-28(18)33)26-16-23(32)27(37-26)17-35-30(19-9-3-2-4-10-19)21-11-5-7-13-24(21)36-25-14-8-6-12-22(25)30/h2-15,20,23,26-27,32H,16-17H2,1H3,(H,31,33,34)/t20?,23-,26+,27+/m0/s1. The van der Waals surface area contributed by atoms with Crippen LogP contribution in [-0.4, -0.2) is 41.8 Å². The van der Waals surface area contributed by atoms with Crippen molar-refractivity contribution in [3.05, 3.63) is 107 Å². The minimum Gasteiger partial charge on any atom is -0.457 e. The highest BCUT2D eigenvalue weighted by Gasteiger charge is 2.48. The van der Waals surface area contributed by atoms with Crippen LogP contribution in [0.15, 0.2) is 90.5 Å². The predicted molar refractivity (Wildman–Crippen MR) is 135 cm³/mol. The molecule has 2 N–H and O–H groups in total. The van der Waals surface area contributed by atoms with Crippen LogP contribution in [0.3, 0.4) is 0 Å². The van der Waals surface area contributed by atoms with E-state index in [-0.39, 0.29) is 13.0 Å². The summed E-state index contributed by atoms with van der Waals surface area (Å²) in [4.78, 5) is 24.3. The van der Waals surface area contributed by atoms with Gasteiger partial charge in [0.05, 0.1) is 24.7 Å². The molecule has 0 aromatic heterocycles. The fourth-order valence-corrected chi connectivity index (χ4v) is 5.52. The molecule has 3 aromatic carbocycles. The number of ether oxygens (including phenoxy) is 3. The maximum absolute atomic E-state index is 12.5. The Labute approximate surface area is 214 Å². The summed E-state index contributed by atoms with van der Waals surface area (Å²) in [5.41, 5.74) is 2.09. The van der Waals surface area contributed by atoms with Crippen molar-refractivity contribution in [3.8, 4) is 11.5 Å². The molecule has 1 saturated heterocycles. The van der Waals surface area contributed by atoms with E-state index in [1.54, 1.807) is 13.0 Å². The highest BCUT2D eigenvalue weighted by atomic mass is 16.6. The van der Waals surface area contributed by atoms with Crippen LogP contribution in [0.1, 0.15) is 30.0 Å². The molecule has 0 spiro atoms. The molecule has 1 fully saturated rings. The van der Waals surface area contributed by atoms with Crippen molar-refractivity contribution in [2.75, 3.05) is 6.61 Å². The summed E-state index contributed by atoms with van der Waals surface area (Å²) in [5, 5.41) is 13.3. The average Bonchev–Trinajstić information content (AvgIpc) is 3.29. The van der Waals surface area contributed by atoms with Gasteiger partial charge in [0.2, 0.25) is 5.91 Å². The van der Waals surface area contributed by atoms with Gasteiger partial charge in [-0.05, 0) is 24.6 Å². The summed E-state index contributed by atoms with van der Waals surface area (Å²) in [6.07, 6.45) is -0.167. The molecule has 37 heavy (non-hydrogen) atoms. The van der Waals surface area contributed by atoms with Crippen LogP contribution in [-0.2, 0) is 24.7 Å². The van der Waals surface area contributed by atoms with Gasteiger partial charge < -0.3 is 19.3 Å². The molecule has 0 bridgehead atoms. The zero-order valence-electron chi connectivity index (χ0n) is 20.3. The third-order valence-electron chi connectivity index (χ3n) is 7.38. The van der Waals surface area contributed by atoms with Crippen molar-refractivity contribution in [3.63, 3.8) is 0 Å². The number of aliphatic hydroxyl groups excluding tert-OH is 1. The van der Waals surface area contributed by atoms with Gasteiger partial charge in [0.25, 0.3) is 5.91 Å². The lowest BCUT2D eigenvalue weighted by Gasteiger charge is -2.41. The SMILES string of the molecule is CC1=CC([C@H]2C[C@H](O)[C@@H](COC3(c4ccccc4)c4ccccc4Oc4ccccc43)O2)C(=O)NC1=O. The van der Waals surface area contributed by atoms with Gasteiger partial charge in [0.15, 0.2) is 5.60 Å². The van der Waals surface area contributed by atoms with Crippen LogP contribution in [0.5, 0.6) is 11.5 Å². The largest absolute Gasteiger partial charge is 0.457 e. The first kappa shape index (κ1) is 23.6. The van der Waals surface area contributed by atoms with Gasteiger partial charge in [-0.3, -0.25) is 14.9 Å². The zero-order valence-corrected chi connectivity index (χ0v) is 20.3. The van der Waals surface area contributed by atoms with E-state index in [1.807, 2.05) is 78.9 Å². The van der Waals surface area contributed by atoms with Gasteiger partial charge in [0, 0.05) is 23.1 Å². The lowest BCUT2D eigenvalue weighted by Crippen LogP contribution is -2.44. The number of para-hydroxylation sites is 2. The second-order valence-corrected chi connectivity index (χ2v) is 9.66. The van der Waals surface area contributed by atoms with Crippen LogP contribution in [0.4, 0.5) is 0 Å². The second-order valence-electron chi connectivity index (χ2n) is 9.66. The number of nitrogens with one attached hydrogen (secondary N) is 1. The summed E-state index contributed by atoms with van der Waals surface area (Å²) < 4.78 is 19.3. The quantitative estimate of drug-likeness (QED) is 0.521. The van der Waals surface area contributed by atoms with Crippen molar-refractivity contribution in [1.29, 1.82) is 0 Å². The number of hydrogen-bond donors (Lipinski definition) is 2. The van der Waals surface area contributed by atoms with Gasteiger partial charge in [-0.1, -0.05) is 72.8 Å². The van der Waals surface area contributed by atoms with E-state index in [9.17, 15) is 14.7 Å². The van der Waals surface area contributed by atoms with Gasteiger partial charge >= 0.3 is 0 Å². The lowest BCUT2D eigenvalue weighted by molar-refractivity contribution is -0.136. The minimum atomic E-state index is -1.00. The van der Waals surface area contributed by atoms with Gasteiger partial charge in [-0.15, -0.1) is 0 Å². The first-order chi connectivity index (χ1) is 18.0. The lowest BCUT2D eigenvalue weighted by atomic mass is 9.77. The number of benzene rings is 3. The second kappa shape index (κ2) is 9.27. The number of hydrogen-bond acceptors (Lipinski definition) is 6. The number of aliphatic hydroxyl groups is 1. The fourth-order valence-electron chi connectivity index (χ4n) is 5.52. The van der Waals surface area contributed by atoms with E-state index in [0.29, 0.717) is 17.1 Å². The Kier molecular flexibility index (Phi) is 5.91. The van der Waals surface area contributed by atoms with Crippen molar-refractivity contribution >= 4 is 11.8 Å². The molecular formula is C30H27NO6. The Morgan fingerprint density at radius 2 is 1.57 bits per heavy atom. The maximum atomic E-state index is 12.5. The maximum Gasteiger partial charge on any atom is 0.253 e. The summed E-state index contributed by atoms with van der Waals surface area (Å²) in [6, 6.07) is 25.5. The zero-order chi connectivity index (χ0) is 25.6. The number of fused-ring (bicyclic) bond motifs is 2. The van der Waals surface area contributed by atoms with Crippen LogP contribution in [0.2, 0.25) is 0 Å². The molecule has 1 unspecified atom stereocenters. The first-order valence-corrected chi connectivity index (χ1v) is 12.4. The van der Waals surface area contributed by atoms with E-state index in [2.05, 4.69) is 5.32 Å². The molecule has 0 saturated carbocycles. The van der Waals surface area contributed by atoms with E-state index < -0.39 is 41.6 Å². The smallest absolute Gasteiger partial charge is 0.253 e. The molecule has 3 aliphatic heterocycles. The third kappa shape index (κ3) is 3.96. The monoisotopic (exact) mass is 497 g/mol. The molecule has 0 radical (unpaired) electrons. The van der Waals surface area contributed by atoms with E-state index in [0.717, 1.165) is 16.7 Å². The Morgan fingerprint density at radius 1 is 0.946 bits per heavy atom. The summed E-state index contributed by atoms with van der Waals surface area (Å²) in [6.45, 7) is 1.73. The Hall–Kier alpha value is -3.78. The molecular weight excluding hydrogens is 470 g/mol. The minimum absolute atomic E-state index is 0.0746. The highest BCUT2D eigenvalue weighted by molar-refractivity contribution is 6.08. The summed E-state index contributed by atoms with van der Waals surface area (Å²) in [5.74, 6) is -0.0753. The van der Waals surface area contributed by atoms with Crippen LogP contribution < -0.4 is 10.1 Å². The van der Waals surface area contributed by atoms with Crippen LogP contribution in [0, 0.1) is 5.92 Å². The fraction of sp³-hybridized carbons (Fsp3) is 0.267. The topological polar surface area (TPSA) is 94.1 Å². The molecule has 0 aliphatic carbocycles. The van der Waals surface area contributed by atoms with Gasteiger partial charge in [-0.2, -0.15) is 0 Å². The van der Waals surface area contributed by atoms with Crippen LogP contribution >= 0.6 is 0 Å². The van der Waals surface area contributed by atoms with E-state index in [4.69, 9.17) is 14.2 Å². The van der Waals surface area contributed by atoms with Gasteiger partial charge in [0.1, 0.15) is 17.6 Å². The Balaban J connectivity index is 1.35. The molecule has 188 valence electrons. The Morgan fingerprint density at radius 3 is 2.24 bits per heavy atom. The van der Waals surface area contributed by atoms with Crippen molar-refractivity contribution in [2.24, 2.45) is 5.92 Å². The number of imide groups is 1. The number of carbonyl (C=O) groups excluding carboxylic acids is 2. The van der Waals surface area contributed by atoms with Crippen molar-refractivity contribution < 1.29 is 28.9 Å². The third-order valence-corrected chi connectivity index (χ3v) is 7.38. The van der Waals surface area contributed by atoms with Crippen LogP contribution in [0.25, 0.3) is 0 Å².